The highest BCUT2D eigenvalue weighted by atomic mass is 35.5. The monoisotopic (exact) mass is 1250 g/mol. The summed E-state index contributed by atoms with van der Waals surface area (Å²) < 4.78 is 7.31. The zero-order chi connectivity index (χ0) is 61.5. The summed E-state index contributed by atoms with van der Waals surface area (Å²) in [6.45, 7) is 3.51. The third kappa shape index (κ3) is 13.0. The first-order valence-electron chi connectivity index (χ1n) is 27.9. The van der Waals surface area contributed by atoms with Crippen LogP contribution in [-0.4, -0.2) is 91.2 Å². The standard InChI is InChI=1S/2C21H16N6.2C12H6ClN5.2CH4/c22-10-15-5-6-19-18(9-15)24-14-27(19)21-12-23-11-20(25-21)26-8-7-16-3-1-2-4-17(16)13-26;22-10-15-5-6-18-19(9-15)27(14-24-18)21-12-23-11-20(25-21)26-8-7-16-3-1-2-4-17(16)13-26;13-11-5-15-6-12(17-11)18-7-16-9-3-8(4-14)1-2-10(9)18;13-11-5-15-6-12(17-11)18-7-16-9-2-1-8(4-14)3-10(9)18;;/h2*1-6,9,11-12,14H,7-8,13H2;2*1-3,5-7H;2*1H4. The van der Waals surface area contributed by atoms with Gasteiger partial charge in [-0.3, -0.25) is 38.2 Å². The summed E-state index contributed by atoms with van der Waals surface area (Å²) in [5.41, 5.74) is 14.4. The van der Waals surface area contributed by atoms with Crippen LogP contribution in [-0.2, 0) is 25.9 Å². The molecule has 0 fully saturated rings. The van der Waals surface area contributed by atoms with Crippen LogP contribution in [0.3, 0.4) is 0 Å². The molecule has 0 amide bonds. The highest BCUT2D eigenvalue weighted by Crippen LogP contribution is 2.28. The Bertz CT molecular complexity index is 5200. The fourth-order valence-corrected chi connectivity index (χ4v) is 10.8. The van der Waals surface area contributed by atoms with Gasteiger partial charge in [-0.15, -0.1) is 0 Å². The number of fused-ring (bicyclic) bond motifs is 6. The van der Waals surface area contributed by atoms with E-state index in [4.69, 9.17) is 49.0 Å². The molecular formula is C68H52Cl2N22. The summed E-state index contributed by atoms with van der Waals surface area (Å²) >= 11 is 11.6. The minimum atomic E-state index is 0. The molecule has 10 heterocycles. The van der Waals surface area contributed by atoms with Crippen LogP contribution in [0.25, 0.3) is 67.4 Å². The maximum absolute atomic E-state index is 9.18. The average molecular weight is 1250 g/mol. The molecule has 8 aromatic heterocycles. The average Bonchev–Trinajstić information content (AvgIpc) is 1.73. The van der Waals surface area contributed by atoms with E-state index in [9.17, 15) is 5.26 Å². The normalized spacial score (nSPS) is 11.9. The van der Waals surface area contributed by atoms with Crippen molar-refractivity contribution in [1.82, 2.24) is 78.1 Å². The van der Waals surface area contributed by atoms with Crippen molar-refractivity contribution in [3.63, 3.8) is 0 Å². The van der Waals surface area contributed by atoms with Crippen molar-refractivity contribution in [2.45, 2.75) is 40.8 Å². The van der Waals surface area contributed by atoms with Gasteiger partial charge in [-0.05, 0) is 108 Å². The molecule has 0 aliphatic carbocycles. The Morgan fingerprint density at radius 3 is 1.05 bits per heavy atom. The van der Waals surface area contributed by atoms with Gasteiger partial charge in [0, 0.05) is 26.2 Å². The van der Waals surface area contributed by atoms with E-state index in [1.807, 2.05) is 39.6 Å². The molecule has 0 atom stereocenters. The number of halogens is 2. The fourth-order valence-electron chi connectivity index (χ4n) is 10.6. The summed E-state index contributed by atoms with van der Waals surface area (Å²) in [5.74, 6) is 4.29. The van der Waals surface area contributed by atoms with Gasteiger partial charge in [0.15, 0.2) is 23.3 Å². The number of benzene rings is 6. The van der Waals surface area contributed by atoms with E-state index < -0.39 is 0 Å². The van der Waals surface area contributed by atoms with E-state index in [-0.39, 0.29) is 14.9 Å². The molecule has 2 aliphatic rings. The van der Waals surface area contributed by atoms with Gasteiger partial charge in [0.2, 0.25) is 0 Å². The Hall–Kier alpha value is -12.3. The number of rotatable bonds is 6. The van der Waals surface area contributed by atoms with Crippen molar-refractivity contribution >= 4 is 79.0 Å². The first-order valence-corrected chi connectivity index (χ1v) is 28.7. The zero-order valence-electron chi connectivity index (χ0n) is 47.3. The van der Waals surface area contributed by atoms with Crippen LogP contribution in [0, 0.1) is 45.3 Å². The minimum Gasteiger partial charge on any atom is -0.351 e. The zero-order valence-corrected chi connectivity index (χ0v) is 48.8. The molecule has 16 rings (SSSR count). The second-order valence-electron chi connectivity index (χ2n) is 20.5. The lowest BCUT2D eigenvalue weighted by Gasteiger charge is -2.29. The molecule has 0 unspecified atom stereocenters. The van der Waals surface area contributed by atoms with Gasteiger partial charge < -0.3 is 9.80 Å². The third-order valence-corrected chi connectivity index (χ3v) is 15.4. The lowest BCUT2D eigenvalue weighted by atomic mass is 10.0. The highest BCUT2D eigenvalue weighted by molar-refractivity contribution is 6.29. The molecule has 2 aliphatic heterocycles. The smallest absolute Gasteiger partial charge is 0.159 e. The molecule has 14 aromatic rings. The van der Waals surface area contributed by atoms with Crippen molar-refractivity contribution in [1.29, 1.82) is 21.0 Å². The number of imidazole rings is 4. The van der Waals surface area contributed by atoms with Crippen LogP contribution in [0.2, 0.25) is 10.3 Å². The van der Waals surface area contributed by atoms with Gasteiger partial charge in [-0.2, -0.15) is 21.0 Å². The van der Waals surface area contributed by atoms with Crippen LogP contribution in [0.5, 0.6) is 0 Å². The van der Waals surface area contributed by atoms with Gasteiger partial charge in [0.25, 0.3) is 0 Å². The topological polar surface area (TPSA) is 276 Å². The molecule has 24 heteroatoms. The molecule has 0 saturated carbocycles. The number of hydrogen-bond donors (Lipinski definition) is 0. The molecule has 22 nitrogen and oxygen atoms in total. The predicted octanol–water partition coefficient (Wildman–Crippen LogP) is 12.5. The maximum Gasteiger partial charge on any atom is 0.159 e. The largest absolute Gasteiger partial charge is 0.351 e. The van der Waals surface area contributed by atoms with Crippen molar-refractivity contribution in [3.05, 3.63) is 251 Å². The van der Waals surface area contributed by atoms with Crippen molar-refractivity contribution < 1.29 is 0 Å². The molecule has 0 saturated heterocycles. The summed E-state index contributed by atoms with van der Waals surface area (Å²) in [4.78, 5) is 56.6. The highest BCUT2D eigenvalue weighted by Gasteiger charge is 2.21. The fraction of sp³-hybridized carbons (Fsp3) is 0.118. The van der Waals surface area contributed by atoms with E-state index in [0.717, 1.165) is 101 Å². The van der Waals surface area contributed by atoms with Crippen molar-refractivity contribution in [3.8, 4) is 47.5 Å². The molecule has 0 N–H and O–H groups in total. The molecule has 0 bridgehead atoms. The van der Waals surface area contributed by atoms with Crippen molar-refractivity contribution in [2.24, 2.45) is 0 Å². The maximum atomic E-state index is 9.18. The van der Waals surface area contributed by atoms with E-state index in [2.05, 4.69) is 132 Å². The van der Waals surface area contributed by atoms with Crippen molar-refractivity contribution in [2.75, 3.05) is 22.9 Å². The number of nitriles is 4. The van der Waals surface area contributed by atoms with E-state index >= 15 is 0 Å². The Morgan fingerprint density at radius 1 is 0.337 bits per heavy atom. The van der Waals surface area contributed by atoms with Gasteiger partial charge in [0.1, 0.15) is 47.3 Å². The van der Waals surface area contributed by atoms with Gasteiger partial charge >= 0.3 is 0 Å². The lowest BCUT2D eigenvalue weighted by Crippen LogP contribution is -2.31. The SMILES string of the molecule is C.C.N#Cc1ccc2c(c1)ncn2-c1cncc(Cl)n1.N#Cc1ccc2c(c1)ncn2-c1cncc(N2CCc3ccccc3C2)n1.N#Cc1ccc2ncn(-c3cncc(Cl)n3)c2c1.N#Cc1ccc2ncn(-c3cncc(N4CCc5ccccc5C4)n3)c2c1. The number of nitrogens with zero attached hydrogens (tertiary/aromatic N) is 22. The Morgan fingerprint density at radius 2 is 0.663 bits per heavy atom. The third-order valence-electron chi connectivity index (χ3n) is 15.0. The first kappa shape index (κ1) is 61.3. The quantitative estimate of drug-likeness (QED) is 0.150. The molecule has 0 spiro atoms. The number of aromatic nitrogens is 16. The Labute approximate surface area is 537 Å². The van der Waals surface area contributed by atoms with E-state index in [1.165, 1.54) is 34.6 Å². The lowest BCUT2D eigenvalue weighted by molar-refractivity contribution is 0.716. The molecular weight excluding hydrogens is 1200 g/mol. The van der Waals surface area contributed by atoms with Crippen LogP contribution in [0.1, 0.15) is 59.4 Å². The summed E-state index contributed by atoms with van der Waals surface area (Å²) in [5, 5.41) is 36.6. The first-order chi connectivity index (χ1) is 44.2. The second kappa shape index (κ2) is 27.4. The summed E-state index contributed by atoms with van der Waals surface area (Å²) in [6.07, 6.45) is 21.9. The van der Waals surface area contributed by atoms with Crippen LogP contribution >= 0.6 is 23.2 Å². The number of anilines is 2. The molecule has 6 aromatic carbocycles. The number of hydrogen-bond acceptors (Lipinski definition) is 18. The van der Waals surface area contributed by atoms with Crippen LogP contribution in [0.15, 0.2) is 196 Å². The molecule has 92 heavy (non-hydrogen) atoms. The van der Waals surface area contributed by atoms with Gasteiger partial charge in [-0.25, -0.2) is 39.9 Å². The Balaban J connectivity index is 0.000000127. The predicted molar refractivity (Wildman–Crippen MR) is 351 cm³/mol. The van der Waals surface area contributed by atoms with Gasteiger partial charge in [-0.1, -0.05) is 86.6 Å². The molecule has 448 valence electrons. The van der Waals surface area contributed by atoms with E-state index in [1.54, 1.807) is 114 Å². The van der Waals surface area contributed by atoms with Crippen LogP contribution in [0.4, 0.5) is 11.6 Å². The van der Waals surface area contributed by atoms with Crippen LogP contribution < -0.4 is 9.80 Å². The summed E-state index contributed by atoms with van der Waals surface area (Å²) in [7, 11) is 0. The van der Waals surface area contributed by atoms with E-state index in [0.29, 0.717) is 50.0 Å². The second-order valence-corrected chi connectivity index (χ2v) is 21.2. The molecule has 0 radical (unpaired) electrons. The summed E-state index contributed by atoms with van der Waals surface area (Å²) in [6, 6.07) is 47.1. The van der Waals surface area contributed by atoms with Gasteiger partial charge in [0.05, 0.1) is 140 Å². The Kier molecular flexibility index (Phi) is 18.2. The minimum absolute atomic E-state index is 0.